The van der Waals surface area contributed by atoms with Gasteiger partial charge in [-0.05, 0) is 24.3 Å². The Morgan fingerprint density at radius 2 is 1.96 bits per heavy atom. The minimum Gasteiger partial charge on any atom is -0.441 e. The number of benzene rings is 2. The third-order valence-electron chi connectivity index (χ3n) is 3.58. The van der Waals surface area contributed by atoms with Crippen molar-refractivity contribution in [1.29, 1.82) is 0 Å². The summed E-state index contributed by atoms with van der Waals surface area (Å²) in [7, 11) is 0. The summed E-state index contributed by atoms with van der Waals surface area (Å²) in [4.78, 5) is 16.7. The number of nitrogens with zero attached hydrogens (tertiary/aromatic N) is 3. The van der Waals surface area contributed by atoms with Gasteiger partial charge in [-0.2, -0.15) is 4.99 Å². The van der Waals surface area contributed by atoms with Gasteiger partial charge in [0.1, 0.15) is 12.3 Å². The monoisotopic (exact) mass is 399 g/mol. The molecule has 0 bridgehead atoms. The van der Waals surface area contributed by atoms with Gasteiger partial charge in [0.25, 0.3) is 0 Å². The maximum absolute atomic E-state index is 12.3. The number of halogens is 1. The Morgan fingerprint density at radius 3 is 2.67 bits per heavy atom. The molecule has 2 aromatic rings. The lowest BCUT2D eigenvalue weighted by Crippen LogP contribution is -2.33. The van der Waals surface area contributed by atoms with Crippen molar-refractivity contribution in [3.8, 4) is 5.75 Å². The minimum atomic E-state index is 0.0273. The molecule has 1 aliphatic rings. The number of Topliss-reactive ketones (excluding diaryl/α,β-unsaturated/α-hetero) is 1. The molecule has 0 aliphatic carbocycles. The fourth-order valence-electron chi connectivity index (χ4n) is 2.32. The molecule has 0 aromatic heterocycles. The average Bonchev–Trinajstić information content (AvgIpc) is 2.69. The molecular weight excluding hydrogens is 382 g/mol. The highest BCUT2D eigenvalue weighted by atomic mass is 35.5. The van der Waals surface area contributed by atoms with E-state index in [9.17, 15) is 4.79 Å². The molecule has 1 heterocycles. The number of carbonyl (C=O) groups is 1. The van der Waals surface area contributed by atoms with Crippen molar-refractivity contribution in [2.75, 3.05) is 18.8 Å². The predicted molar refractivity (Wildman–Crippen MR) is 112 cm³/mol. The normalized spacial score (nSPS) is 13.6. The Bertz CT molecular complexity index is 867. The van der Waals surface area contributed by atoms with Gasteiger partial charge in [-0.15, -0.1) is 11.7 Å². The molecule has 3 rings (SSSR count). The third-order valence-corrected chi connectivity index (χ3v) is 4.67. The molecule has 1 aliphatic heterocycles. The number of ether oxygens (including phenoxy) is 1. The Hall–Kier alpha value is -2.57. The number of amidine groups is 1. The molecule has 0 spiro atoms. The molecule has 27 heavy (non-hydrogen) atoms. The summed E-state index contributed by atoms with van der Waals surface area (Å²) in [6.07, 6.45) is 1.76. The van der Waals surface area contributed by atoms with Gasteiger partial charge in [0.15, 0.2) is 5.78 Å². The van der Waals surface area contributed by atoms with Crippen molar-refractivity contribution in [2.45, 2.75) is 0 Å². The van der Waals surface area contributed by atoms with Crippen LogP contribution in [0.1, 0.15) is 10.4 Å². The van der Waals surface area contributed by atoms with Crippen LogP contribution in [-0.2, 0) is 0 Å². The fraction of sp³-hybridized carbons (Fsp3) is 0.150. The average molecular weight is 400 g/mol. The second-order valence-electron chi connectivity index (χ2n) is 5.66. The maximum Gasteiger partial charge on any atom is 0.218 e. The van der Waals surface area contributed by atoms with Crippen LogP contribution in [0.3, 0.4) is 0 Å². The predicted octanol–water partition coefficient (Wildman–Crippen LogP) is 4.51. The van der Waals surface area contributed by atoms with E-state index in [4.69, 9.17) is 16.3 Å². The molecule has 0 saturated heterocycles. The number of aliphatic imine (C=N–C) groups is 1. The van der Waals surface area contributed by atoms with Gasteiger partial charge in [0.2, 0.25) is 11.1 Å². The smallest absolute Gasteiger partial charge is 0.218 e. The number of thioether (sulfide) groups is 1. The Labute approximate surface area is 167 Å². The van der Waals surface area contributed by atoms with Crippen molar-refractivity contribution in [2.24, 2.45) is 10.1 Å². The number of hydrogen-bond acceptors (Lipinski definition) is 6. The van der Waals surface area contributed by atoms with Gasteiger partial charge in [-0.25, -0.2) is 0 Å². The van der Waals surface area contributed by atoms with Gasteiger partial charge in [-0.3, -0.25) is 9.80 Å². The van der Waals surface area contributed by atoms with Gasteiger partial charge in [0, 0.05) is 10.6 Å². The first-order valence-corrected chi connectivity index (χ1v) is 9.67. The largest absolute Gasteiger partial charge is 0.441 e. The first-order chi connectivity index (χ1) is 13.1. The van der Waals surface area contributed by atoms with Crippen molar-refractivity contribution in [3.63, 3.8) is 0 Å². The molecular formula is C20H18ClN3O2S. The zero-order valence-electron chi connectivity index (χ0n) is 14.5. The summed E-state index contributed by atoms with van der Waals surface area (Å²) in [6.45, 7) is 4.72. The van der Waals surface area contributed by atoms with Crippen molar-refractivity contribution in [1.82, 2.24) is 5.01 Å². The van der Waals surface area contributed by atoms with E-state index in [1.54, 1.807) is 47.5 Å². The van der Waals surface area contributed by atoms with E-state index >= 15 is 0 Å². The molecule has 0 amide bonds. The molecule has 0 atom stereocenters. The summed E-state index contributed by atoms with van der Waals surface area (Å²) in [5, 5.41) is 7.36. The van der Waals surface area contributed by atoms with Gasteiger partial charge >= 0.3 is 0 Å². The lowest BCUT2D eigenvalue weighted by atomic mass is 10.2. The number of rotatable bonds is 6. The van der Waals surface area contributed by atoms with E-state index in [0.717, 1.165) is 0 Å². The van der Waals surface area contributed by atoms with E-state index in [1.165, 1.54) is 11.8 Å². The van der Waals surface area contributed by atoms with Gasteiger partial charge in [-0.1, -0.05) is 59.8 Å². The van der Waals surface area contributed by atoms with E-state index < -0.39 is 0 Å². The maximum atomic E-state index is 12.3. The van der Waals surface area contributed by atoms with Crippen molar-refractivity contribution < 1.29 is 9.53 Å². The Balaban J connectivity index is 1.68. The van der Waals surface area contributed by atoms with E-state index in [0.29, 0.717) is 40.5 Å². The first-order valence-electron chi connectivity index (χ1n) is 8.30. The molecule has 0 fully saturated rings. The Morgan fingerprint density at radius 1 is 1.22 bits per heavy atom. The molecule has 7 heteroatoms. The van der Waals surface area contributed by atoms with Crippen LogP contribution in [-0.4, -0.2) is 40.7 Å². The molecule has 0 N–H and O–H groups in total. The standard InChI is InChI=1S/C20H18ClN3O2S/c1-2-12-24-13-19(26-17-10-8-16(21)9-11-17)22-20(23-24)27-14-18(25)15-6-4-3-5-7-15/h2-11H,1,12-14H2. The van der Waals surface area contributed by atoms with Crippen LogP contribution in [0.5, 0.6) is 5.75 Å². The van der Waals surface area contributed by atoms with Crippen molar-refractivity contribution in [3.05, 3.63) is 77.8 Å². The molecule has 0 radical (unpaired) electrons. The summed E-state index contributed by atoms with van der Waals surface area (Å²) < 4.78 is 5.84. The van der Waals surface area contributed by atoms with Crippen LogP contribution in [0.25, 0.3) is 0 Å². The van der Waals surface area contributed by atoms with Crippen LogP contribution in [0, 0.1) is 0 Å². The second-order valence-corrected chi connectivity index (χ2v) is 7.04. The minimum absolute atomic E-state index is 0.0273. The highest BCUT2D eigenvalue weighted by Crippen LogP contribution is 2.19. The summed E-state index contributed by atoms with van der Waals surface area (Å²) in [5.74, 6) is 1.43. The van der Waals surface area contributed by atoms with Gasteiger partial charge in [0.05, 0.1) is 12.3 Å². The summed E-state index contributed by atoms with van der Waals surface area (Å²) in [6, 6.07) is 16.2. The molecule has 138 valence electrons. The van der Waals surface area contributed by atoms with E-state index in [1.807, 2.05) is 18.2 Å². The topological polar surface area (TPSA) is 54.3 Å². The second kappa shape index (κ2) is 9.39. The third kappa shape index (κ3) is 5.70. The van der Waals surface area contributed by atoms with Gasteiger partial charge < -0.3 is 4.74 Å². The SMILES string of the molecule is C=CCN1CC(Oc2ccc(Cl)cc2)=NC(SCC(=O)c2ccccc2)=N1. The van der Waals surface area contributed by atoms with Crippen LogP contribution < -0.4 is 4.74 Å². The summed E-state index contributed by atoms with van der Waals surface area (Å²) in [5.41, 5.74) is 0.672. The number of ketones is 1. The highest BCUT2D eigenvalue weighted by molar-refractivity contribution is 8.14. The molecule has 0 saturated carbocycles. The van der Waals surface area contributed by atoms with E-state index in [2.05, 4.69) is 16.7 Å². The fourth-order valence-corrected chi connectivity index (χ4v) is 3.22. The van der Waals surface area contributed by atoms with Crippen LogP contribution in [0.4, 0.5) is 0 Å². The van der Waals surface area contributed by atoms with Crippen LogP contribution in [0.2, 0.25) is 5.02 Å². The quantitative estimate of drug-likeness (QED) is 0.530. The highest BCUT2D eigenvalue weighted by Gasteiger charge is 2.18. The summed E-state index contributed by atoms with van der Waals surface area (Å²) >= 11 is 7.19. The molecule has 2 aromatic carbocycles. The van der Waals surface area contributed by atoms with E-state index in [-0.39, 0.29) is 11.5 Å². The first kappa shape index (κ1) is 19.2. The zero-order valence-corrected chi connectivity index (χ0v) is 16.1. The van der Waals surface area contributed by atoms with Crippen LogP contribution in [0.15, 0.2) is 77.3 Å². The lowest BCUT2D eigenvalue weighted by Gasteiger charge is -2.23. The molecule has 0 unspecified atom stereocenters. The number of hydrazone groups is 1. The zero-order chi connectivity index (χ0) is 19.1. The van der Waals surface area contributed by atoms with Crippen molar-refractivity contribution >= 4 is 40.2 Å². The number of hydrogen-bond donors (Lipinski definition) is 0. The lowest BCUT2D eigenvalue weighted by molar-refractivity contribution is 0.102. The van der Waals surface area contributed by atoms with Crippen LogP contribution >= 0.6 is 23.4 Å². The molecule has 5 nitrogen and oxygen atoms in total. The number of carbonyl (C=O) groups excluding carboxylic acids is 1. The Kier molecular flexibility index (Phi) is 6.68.